The van der Waals surface area contributed by atoms with Gasteiger partial charge in [-0.25, -0.2) is 4.98 Å². The summed E-state index contributed by atoms with van der Waals surface area (Å²) in [5.74, 6) is 0.659. The summed E-state index contributed by atoms with van der Waals surface area (Å²) in [6.45, 7) is 7.15. The number of rotatable bonds is 5. The molecular weight excluding hydrogens is 610 g/mol. The number of alkyl halides is 6. The third-order valence-electron chi connectivity index (χ3n) is 8.74. The van der Waals surface area contributed by atoms with Crippen LogP contribution in [0.1, 0.15) is 73.9 Å². The molecule has 1 fully saturated rings. The molecule has 0 spiro atoms. The average Bonchev–Trinajstić information content (AvgIpc) is 3.04. The highest BCUT2D eigenvalue weighted by Crippen LogP contribution is 2.40. The Morgan fingerprint density at radius 3 is 1.93 bits per heavy atom. The van der Waals surface area contributed by atoms with Gasteiger partial charge in [-0.1, -0.05) is 13.8 Å². The average molecular weight is 651 g/mol. The number of hydrogen-bond donors (Lipinski definition) is 4. The van der Waals surface area contributed by atoms with Crippen molar-refractivity contribution in [1.29, 1.82) is 0 Å². The van der Waals surface area contributed by atoms with Crippen LogP contribution in [0.25, 0.3) is 0 Å². The second kappa shape index (κ2) is 14.0. The number of halogens is 6. The molecule has 2 aromatic carbocycles. The van der Waals surface area contributed by atoms with Crippen LogP contribution >= 0.6 is 0 Å². The highest BCUT2D eigenvalue weighted by atomic mass is 19.4. The van der Waals surface area contributed by atoms with Crippen molar-refractivity contribution in [3.63, 3.8) is 0 Å². The standard InChI is InChI=1S/C21H25F3N4O.C12H15F3N2/c1-2-15-12-19(17-11-14(21(22,23)24)3-5-18(17)26-15)27-20-6-4-16(13-25-20)28-7-9-29-10-8-28;1-2-8-6-10(16)9-5-7(12(13,14)15)3-4-11(9)17-8/h3-6,11,13,15,19,26H,2,7-10,12H2,1H3,(H,25,27);3-5,8,10,17H,2,6,16H2,1H3/t15-,19+;8-,10+/m11/s1. The number of hydrogen-bond acceptors (Lipinski definition) is 7. The van der Waals surface area contributed by atoms with Crippen LogP contribution in [-0.4, -0.2) is 43.4 Å². The third-order valence-corrected chi connectivity index (χ3v) is 8.74. The quantitative estimate of drug-likeness (QED) is 0.208. The lowest BCUT2D eigenvalue weighted by atomic mass is 9.90. The van der Waals surface area contributed by atoms with E-state index in [9.17, 15) is 26.3 Å². The van der Waals surface area contributed by atoms with Crippen molar-refractivity contribution in [1.82, 2.24) is 4.98 Å². The Balaban J connectivity index is 0.000000209. The number of aromatic nitrogens is 1. The van der Waals surface area contributed by atoms with E-state index in [-0.39, 0.29) is 24.2 Å². The van der Waals surface area contributed by atoms with Gasteiger partial charge in [0.2, 0.25) is 0 Å². The van der Waals surface area contributed by atoms with Gasteiger partial charge in [0.05, 0.1) is 42.3 Å². The van der Waals surface area contributed by atoms with Gasteiger partial charge in [-0.2, -0.15) is 26.3 Å². The first-order valence-electron chi connectivity index (χ1n) is 15.6. The van der Waals surface area contributed by atoms with Crippen LogP contribution < -0.4 is 26.6 Å². The molecule has 5 N–H and O–H groups in total. The Bertz CT molecular complexity index is 1460. The van der Waals surface area contributed by atoms with E-state index in [0.29, 0.717) is 43.0 Å². The fourth-order valence-corrected chi connectivity index (χ4v) is 6.07. The van der Waals surface area contributed by atoms with Crippen LogP contribution in [0.3, 0.4) is 0 Å². The van der Waals surface area contributed by atoms with Gasteiger partial charge in [0.15, 0.2) is 0 Å². The monoisotopic (exact) mass is 650 g/mol. The zero-order valence-corrected chi connectivity index (χ0v) is 25.8. The molecule has 4 atom stereocenters. The molecule has 0 saturated carbocycles. The maximum absolute atomic E-state index is 13.2. The maximum atomic E-state index is 13.2. The zero-order valence-electron chi connectivity index (χ0n) is 25.8. The molecule has 7 nitrogen and oxygen atoms in total. The van der Waals surface area contributed by atoms with Gasteiger partial charge in [-0.15, -0.1) is 0 Å². The Hall–Kier alpha value is -3.71. The minimum absolute atomic E-state index is 0.198. The number of benzene rings is 2. The first-order chi connectivity index (χ1) is 21.9. The summed E-state index contributed by atoms with van der Waals surface area (Å²) >= 11 is 0. The van der Waals surface area contributed by atoms with E-state index in [0.717, 1.165) is 61.2 Å². The Morgan fingerprint density at radius 2 is 1.39 bits per heavy atom. The topological polar surface area (TPSA) is 87.5 Å². The molecule has 3 aliphatic heterocycles. The van der Waals surface area contributed by atoms with Gasteiger partial charge in [0.1, 0.15) is 5.82 Å². The third kappa shape index (κ3) is 7.98. The molecule has 1 aromatic heterocycles. The van der Waals surface area contributed by atoms with Crippen LogP contribution in [0.4, 0.5) is 49.2 Å². The van der Waals surface area contributed by atoms with Gasteiger partial charge >= 0.3 is 12.4 Å². The lowest BCUT2D eigenvalue weighted by Gasteiger charge is -2.34. The lowest BCUT2D eigenvalue weighted by Crippen LogP contribution is -2.36. The number of nitrogens with zero attached hydrogens (tertiary/aromatic N) is 2. The van der Waals surface area contributed by atoms with Crippen LogP contribution in [0.5, 0.6) is 0 Å². The first-order valence-corrected chi connectivity index (χ1v) is 15.6. The molecule has 4 heterocycles. The molecule has 0 aliphatic carbocycles. The number of morpholine rings is 1. The van der Waals surface area contributed by atoms with Gasteiger partial charge < -0.3 is 31.3 Å². The van der Waals surface area contributed by atoms with E-state index in [1.54, 1.807) is 6.20 Å². The van der Waals surface area contributed by atoms with Gasteiger partial charge in [0.25, 0.3) is 0 Å². The Kier molecular flexibility index (Phi) is 10.2. The zero-order chi connectivity index (χ0) is 33.1. The van der Waals surface area contributed by atoms with Crippen LogP contribution in [0.15, 0.2) is 54.7 Å². The largest absolute Gasteiger partial charge is 0.416 e. The molecule has 0 unspecified atom stereocenters. The summed E-state index contributed by atoms with van der Waals surface area (Å²) < 4.78 is 82.7. The summed E-state index contributed by atoms with van der Waals surface area (Å²) in [6, 6.07) is 11.4. The molecule has 3 aliphatic rings. The maximum Gasteiger partial charge on any atom is 0.416 e. The molecule has 250 valence electrons. The number of anilines is 4. The SMILES string of the molecule is CC[C@@H]1C[C@H](N)c2cc(C(F)(F)F)ccc2N1.CC[C@@H]1C[C@H](Nc2ccc(N3CCOCC3)cn2)c2cc(C(F)(F)F)ccc2N1. The van der Waals surface area contributed by atoms with E-state index in [1.165, 1.54) is 18.2 Å². The van der Waals surface area contributed by atoms with Crippen LogP contribution in [0.2, 0.25) is 0 Å². The summed E-state index contributed by atoms with van der Waals surface area (Å²) in [4.78, 5) is 6.72. The number of ether oxygens (including phenoxy) is 1. The molecule has 46 heavy (non-hydrogen) atoms. The number of fused-ring (bicyclic) bond motifs is 2. The molecule has 3 aromatic rings. The predicted molar refractivity (Wildman–Crippen MR) is 168 cm³/mol. The molecule has 1 saturated heterocycles. The van der Waals surface area contributed by atoms with Crippen molar-refractivity contribution < 1.29 is 31.1 Å². The second-order valence-corrected chi connectivity index (χ2v) is 11.9. The van der Waals surface area contributed by atoms with E-state index >= 15 is 0 Å². The van der Waals surface area contributed by atoms with Crippen molar-refractivity contribution in [3.8, 4) is 0 Å². The Labute approximate surface area is 264 Å². The molecular formula is C33H40F6N6O. The summed E-state index contributed by atoms with van der Waals surface area (Å²) in [7, 11) is 0. The number of nitrogens with one attached hydrogen (secondary N) is 3. The van der Waals surface area contributed by atoms with Crippen LogP contribution in [-0.2, 0) is 17.1 Å². The summed E-state index contributed by atoms with van der Waals surface area (Å²) in [6.07, 6.45) is -3.70. The van der Waals surface area contributed by atoms with Gasteiger partial charge in [0, 0.05) is 42.6 Å². The normalized spacial score (nSPS) is 22.8. The van der Waals surface area contributed by atoms with Gasteiger partial charge in [-0.3, -0.25) is 0 Å². The summed E-state index contributed by atoms with van der Waals surface area (Å²) in [5, 5.41) is 9.90. The molecule has 0 bridgehead atoms. The smallest absolute Gasteiger partial charge is 0.382 e. The van der Waals surface area contributed by atoms with E-state index in [4.69, 9.17) is 10.5 Å². The summed E-state index contributed by atoms with van der Waals surface area (Å²) in [5.41, 5.74) is 8.34. The fourth-order valence-electron chi connectivity index (χ4n) is 6.07. The number of nitrogens with two attached hydrogens (primary N) is 1. The lowest BCUT2D eigenvalue weighted by molar-refractivity contribution is -0.138. The minimum atomic E-state index is -4.36. The minimum Gasteiger partial charge on any atom is -0.382 e. The van der Waals surface area contributed by atoms with Crippen molar-refractivity contribution in [2.45, 2.75) is 76.1 Å². The highest BCUT2D eigenvalue weighted by molar-refractivity contribution is 5.60. The van der Waals surface area contributed by atoms with Crippen molar-refractivity contribution >= 4 is 22.9 Å². The van der Waals surface area contributed by atoms with Crippen molar-refractivity contribution in [3.05, 3.63) is 77.0 Å². The highest BCUT2D eigenvalue weighted by Gasteiger charge is 2.35. The second-order valence-electron chi connectivity index (χ2n) is 11.9. The molecule has 0 radical (unpaired) electrons. The van der Waals surface area contributed by atoms with E-state index < -0.39 is 23.5 Å². The first kappa shape index (κ1) is 33.6. The predicted octanol–water partition coefficient (Wildman–Crippen LogP) is 7.98. The number of pyridine rings is 1. The fraction of sp³-hybridized carbons (Fsp3) is 0.485. The van der Waals surface area contributed by atoms with Crippen molar-refractivity contribution in [2.75, 3.05) is 47.2 Å². The molecule has 6 rings (SSSR count). The van der Waals surface area contributed by atoms with Crippen molar-refractivity contribution in [2.24, 2.45) is 5.73 Å². The van der Waals surface area contributed by atoms with E-state index in [2.05, 4.69) is 32.8 Å². The molecule has 13 heteroatoms. The van der Waals surface area contributed by atoms with E-state index in [1.807, 2.05) is 19.1 Å². The van der Waals surface area contributed by atoms with Crippen LogP contribution in [0, 0.1) is 0 Å². The van der Waals surface area contributed by atoms with Gasteiger partial charge in [-0.05, 0) is 85.3 Å². The Morgan fingerprint density at radius 1 is 0.826 bits per heavy atom. The molecule has 0 amide bonds.